The Morgan fingerprint density at radius 1 is 1.55 bits per heavy atom. The summed E-state index contributed by atoms with van der Waals surface area (Å²) in [4.78, 5) is 29.2. The summed E-state index contributed by atoms with van der Waals surface area (Å²) in [5, 5.41) is 13.5. The first-order chi connectivity index (χ1) is 9.38. The molecule has 0 aliphatic rings. The van der Waals surface area contributed by atoms with Crippen LogP contribution in [0.1, 0.15) is 20.8 Å². The van der Waals surface area contributed by atoms with Gasteiger partial charge in [0.1, 0.15) is 6.33 Å². The highest BCUT2D eigenvalue weighted by Gasteiger charge is 2.27. The molecule has 0 spiro atoms. The Kier molecular flexibility index (Phi) is 5.63. The van der Waals surface area contributed by atoms with Crippen molar-refractivity contribution in [1.29, 1.82) is 0 Å². The van der Waals surface area contributed by atoms with E-state index in [1.165, 1.54) is 0 Å². The van der Waals surface area contributed by atoms with Gasteiger partial charge in [0.05, 0.1) is 17.4 Å². The van der Waals surface area contributed by atoms with Crippen LogP contribution < -0.4 is 5.32 Å². The van der Waals surface area contributed by atoms with Crippen LogP contribution >= 0.6 is 11.6 Å². The summed E-state index contributed by atoms with van der Waals surface area (Å²) in [7, 11) is 0. The van der Waals surface area contributed by atoms with Crippen LogP contribution in [-0.2, 0) is 9.53 Å². The molecule has 20 heavy (non-hydrogen) atoms. The SMILES string of the molecule is CCOC(=O)C(C)C(C)Nc1ncnc(Cl)c1[N+](=O)[O-]. The third-order valence-corrected chi connectivity index (χ3v) is 3.01. The highest BCUT2D eigenvalue weighted by molar-refractivity contribution is 6.31. The van der Waals surface area contributed by atoms with E-state index in [1.54, 1.807) is 20.8 Å². The second kappa shape index (κ2) is 6.99. The van der Waals surface area contributed by atoms with Crippen molar-refractivity contribution in [2.45, 2.75) is 26.8 Å². The van der Waals surface area contributed by atoms with Crippen LogP contribution in [0, 0.1) is 16.0 Å². The van der Waals surface area contributed by atoms with Gasteiger partial charge >= 0.3 is 11.7 Å². The average Bonchev–Trinajstić information content (AvgIpc) is 2.37. The maximum Gasteiger partial charge on any atom is 0.348 e. The summed E-state index contributed by atoms with van der Waals surface area (Å²) in [6, 6.07) is -0.418. The van der Waals surface area contributed by atoms with Crippen LogP contribution in [0.15, 0.2) is 6.33 Å². The summed E-state index contributed by atoms with van der Waals surface area (Å²) in [6.45, 7) is 5.33. The molecule has 1 N–H and O–H groups in total. The van der Waals surface area contributed by atoms with Crippen LogP contribution in [0.4, 0.5) is 11.5 Å². The Bertz CT molecular complexity index is 511. The normalized spacial score (nSPS) is 13.4. The van der Waals surface area contributed by atoms with E-state index in [1.807, 2.05) is 0 Å². The average molecular weight is 303 g/mol. The molecule has 0 aliphatic heterocycles. The van der Waals surface area contributed by atoms with Crippen molar-refractivity contribution in [1.82, 2.24) is 9.97 Å². The van der Waals surface area contributed by atoms with E-state index in [4.69, 9.17) is 16.3 Å². The molecule has 110 valence electrons. The van der Waals surface area contributed by atoms with Gasteiger partial charge in [-0.3, -0.25) is 14.9 Å². The molecule has 0 radical (unpaired) electrons. The zero-order chi connectivity index (χ0) is 15.3. The highest BCUT2D eigenvalue weighted by atomic mass is 35.5. The van der Waals surface area contributed by atoms with E-state index in [-0.39, 0.29) is 17.6 Å². The molecule has 8 nitrogen and oxygen atoms in total. The van der Waals surface area contributed by atoms with E-state index in [0.29, 0.717) is 0 Å². The molecule has 1 aromatic rings. The first kappa shape index (κ1) is 16.1. The fraction of sp³-hybridized carbons (Fsp3) is 0.545. The fourth-order valence-electron chi connectivity index (χ4n) is 1.44. The topological polar surface area (TPSA) is 107 Å². The largest absolute Gasteiger partial charge is 0.466 e. The van der Waals surface area contributed by atoms with Gasteiger partial charge in [0.25, 0.3) is 0 Å². The number of hydrogen-bond acceptors (Lipinski definition) is 7. The molecule has 0 aromatic carbocycles. The number of ether oxygens (including phenoxy) is 1. The Morgan fingerprint density at radius 3 is 2.75 bits per heavy atom. The molecule has 1 heterocycles. The van der Waals surface area contributed by atoms with E-state index >= 15 is 0 Å². The molecule has 9 heteroatoms. The van der Waals surface area contributed by atoms with E-state index in [9.17, 15) is 14.9 Å². The molecule has 0 bridgehead atoms. The predicted octanol–water partition coefficient (Wildman–Crippen LogP) is 2.04. The van der Waals surface area contributed by atoms with Gasteiger partial charge in [0.15, 0.2) is 0 Å². The van der Waals surface area contributed by atoms with Crippen LogP contribution in [0.25, 0.3) is 0 Å². The lowest BCUT2D eigenvalue weighted by molar-refractivity contribution is -0.384. The smallest absolute Gasteiger partial charge is 0.348 e. The van der Waals surface area contributed by atoms with Gasteiger partial charge in [0, 0.05) is 6.04 Å². The summed E-state index contributed by atoms with van der Waals surface area (Å²) in [5.74, 6) is -0.919. The number of carbonyl (C=O) groups excluding carboxylic acids is 1. The Morgan fingerprint density at radius 2 is 2.20 bits per heavy atom. The number of nitrogens with zero attached hydrogens (tertiary/aromatic N) is 3. The maximum atomic E-state index is 11.6. The van der Waals surface area contributed by atoms with E-state index in [0.717, 1.165) is 6.33 Å². The molecule has 0 saturated carbocycles. The van der Waals surface area contributed by atoms with Crippen molar-refractivity contribution < 1.29 is 14.5 Å². The Hall–Kier alpha value is -1.96. The maximum absolute atomic E-state index is 11.6. The number of nitro groups is 1. The molecular weight excluding hydrogens is 288 g/mol. The lowest BCUT2D eigenvalue weighted by atomic mass is 10.0. The first-order valence-electron chi connectivity index (χ1n) is 5.96. The summed E-state index contributed by atoms with van der Waals surface area (Å²) < 4.78 is 4.89. The highest BCUT2D eigenvalue weighted by Crippen LogP contribution is 2.29. The first-order valence-corrected chi connectivity index (χ1v) is 6.34. The van der Waals surface area contributed by atoms with Gasteiger partial charge in [-0.2, -0.15) is 0 Å². The zero-order valence-electron chi connectivity index (χ0n) is 11.3. The third kappa shape index (κ3) is 3.77. The summed E-state index contributed by atoms with van der Waals surface area (Å²) in [6.07, 6.45) is 1.11. The lowest BCUT2D eigenvalue weighted by Crippen LogP contribution is -2.31. The monoisotopic (exact) mass is 302 g/mol. The second-order valence-electron chi connectivity index (χ2n) is 4.09. The molecule has 0 amide bonds. The van der Waals surface area contributed by atoms with Gasteiger partial charge in [-0.15, -0.1) is 0 Å². The Labute approximate surface area is 120 Å². The van der Waals surface area contributed by atoms with Gasteiger partial charge < -0.3 is 10.1 Å². The number of carbonyl (C=O) groups is 1. The van der Waals surface area contributed by atoms with Crippen molar-refractivity contribution in [3.05, 3.63) is 21.6 Å². The van der Waals surface area contributed by atoms with Crippen molar-refractivity contribution in [3.63, 3.8) is 0 Å². The van der Waals surface area contributed by atoms with Crippen molar-refractivity contribution in [3.8, 4) is 0 Å². The molecule has 1 aromatic heterocycles. The fourth-order valence-corrected chi connectivity index (χ4v) is 1.65. The molecular formula is C11H15ClN4O4. The Balaban J connectivity index is 2.91. The quantitative estimate of drug-likeness (QED) is 0.371. The van der Waals surface area contributed by atoms with Gasteiger partial charge in [0.2, 0.25) is 11.0 Å². The third-order valence-electron chi connectivity index (χ3n) is 2.73. The minimum atomic E-state index is -0.674. The molecule has 0 saturated heterocycles. The van der Waals surface area contributed by atoms with Crippen molar-refractivity contribution in [2.24, 2.45) is 5.92 Å². The lowest BCUT2D eigenvalue weighted by Gasteiger charge is -2.20. The summed E-state index contributed by atoms with van der Waals surface area (Å²) in [5.41, 5.74) is -0.419. The van der Waals surface area contributed by atoms with Crippen molar-refractivity contribution in [2.75, 3.05) is 11.9 Å². The molecule has 0 aliphatic carbocycles. The number of halogens is 1. The molecule has 0 fully saturated rings. The second-order valence-corrected chi connectivity index (χ2v) is 4.45. The zero-order valence-corrected chi connectivity index (χ0v) is 12.0. The van der Waals surface area contributed by atoms with Crippen LogP contribution in [-0.4, -0.2) is 33.5 Å². The van der Waals surface area contributed by atoms with Gasteiger partial charge in [-0.25, -0.2) is 9.97 Å². The number of nitrogens with one attached hydrogen (secondary N) is 1. The molecule has 2 unspecified atom stereocenters. The number of rotatable bonds is 6. The van der Waals surface area contributed by atoms with Crippen LogP contribution in [0.3, 0.4) is 0 Å². The predicted molar refractivity (Wildman–Crippen MR) is 72.6 cm³/mol. The number of hydrogen-bond donors (Lipinski definition) is 1. The van der Waals surface area contributed by atoms with Gasteiger partial charge in [-0.1, -0.05) is 11.6 Å². The van der Waals surface area contributed by atoms with Crippen LogP contribution in [0.2, 0.25) is 5.15 Å². The molecule has 2 atom stereocenters. The standard InChI is InChI=1S/C11H15ClN4O4/c1-4-20-11(17)6(2)7(3)15-10-8(16(18)19)9(12)13-5-14-10/h5-7H,4H2,1-3H3,(H,13,14,15). The minimum Gasteiger partial charge on any atom is -0.466 e. The van der Waals surface area contributed by atoms with E-state index in [2.05, 4.69) is 15.3 Å². The van der Waals surface area contributed by atoms with Crippen LogP contribution in [0.5, 0.6) is 0 Å². The number of aromatic nitrogens is 2. The van der Waals surface area contributed by atoms with Crippen molar-refractivity contribution >= 4 is 29.1 Å². The summed E-state index contributed by atoms with van der Waals surface area (Å²) >= 11 is 5.68. The molecule has 1 rings (SSSR count). The number of esters is 1. The minimum absolute atomic E-state index is 0.0290. The van der Waals surface area contributed by atoms with Gasteiger partial charge in [-0.05, 0) is 20.8 Å². The van der Waals surface area contributed by atoms with E-state index < -0.39 is 28.5 Å². The number of anilines is 1.